The van der Waals surface area contributed by atoms with E-state index in [0.717, 1.165) is 39.8 Å². The molecule has 0 bridgehead atoms. The summed E-state index contributed by atoms with van der Waals surface area (Å²) in [5.74, 6) is 0.222. The van der Waals surface area contributed by atoms with E-state index in [0.29, 0.717) is 10.7 Å². The number of phenolic OH excluding ortho intramolecular Hbond substituents is 2. The third-order valence-corrected chi connectivity index (χ3v) is 6.41. The van der Waals surface area contributed by atoms with E-state index in [1.54, 1.807) is 7.05 Å². The molecule has 0 amide bonds. The summed E-state index contributed by atoms with van der Waals surface area (Å²) in [4.78, 5) is 1.98. The molecule has 0 saturated heterocycles. The van der Waals surface area contributed by atoms with Crippen LogP contribution in [0.3, 0.4) is 0 Å². The minimum atomic E-state index is 0.0237. The van der Waals surface area contributed by atoms with Crippen LogP contribution < -0.4 is 10.2 Å². The lowest BCUT2D eigenvalue weighted by Crippen LogP contribution is -2.37. The van der Waals surface area contributed by atoms with Gasteiger partial charge in [0.1, 0.15) is 11.5 Å². The molecule has 0 radical (unpaired) electrons. The number of anilines is 1. The number of hydrogen-bond donors (Lipinski definition) is 3. The second kappa shape index (κ2) is 9.25. The van der Waals surface area contributed by atoms with E-state index in [9.17, 15) is 10.2 Å². The van der Waals surface area contributed by atoms with Crippen LogP contribution in [0.1, 0.15) is 56.7 Å². The Bertz CT molecular complexity index is 1210. The number of nitrogens with zero attached hydrogens (tertiary/aromatic N) is 2. The number of hydrogen-bond acceptors (Lipinski definition) is 3. The van der Waals surface area contributed by atoms with Gasteiger partial charge >= 0.3 is 0 Å². The molecule has 5 nitrogen and oxygen atoms in total. The van der Waals surface area contributed by atoms with Gasteiger partial charge in [-0.1, -0.05) is 20.8 Å². The second-order valence-corrected chi connectivity index (χ2v) is 8.97. The highest BCUT2D eigenvalue weighted by atomic mass is 32.1. The molecular formula is C26H33N3O2S. The first kappa shape index (κ1) is 23.7. The van der Waals surface area contributed by atoms with Crippen LogP contribution in [0.15, 0.2) is 42.1 Å². The predicted molar refractivity (Wildman–Crippen MR) is 139 cm³/mol. The van der Waals surface area contributed by atoms with Gasteiger partial charge in [0.25, 0.3) is 0 Å². The average molecular weight is 452 g/mol. The van der Waals surface area contributed by atoms with E-state index in [1.807, 2.05) is 38.8 Å². The fraction of sp³-hybridized carbons (Fsp3) is 0.346. The molecule has 32 heavy (non-hydrogen) atoms. The topological polar surface area (TPSA) is 60.7 Å². The zero-order chi connectivity index (χ0) is 23.7. The maximum absolute atomic E-state index is 10.9. The van der Waals surface area contributed by atoms with Crippen LogP contribution in [0.2, 0.25) is 0 Å². The lowest BCUT2D eigenvalue weighted by atomic mass is 9.95. The number of allylic oxidation sites excluding steroid dienone is 1. The minimum Gasteiger partial charge on any atom is -0.508 e. The van der Waals surface area contributed by atoms with Crippen LogP contribution in [0.4, 0.5) is 5.69 Å². The summed E-state index contributed by atoms with van der Waals surface area (Å²) in [6, 6.07) is 9.59. The normalized spacial score (nSPS) is 12.2. The molecule has 170 valence electrons. The van der Waals surface area contributed by atoms with Crippen molar-refractivity contribution in [2.75, 3.05) is 11.9 Å². The van der Waals surface area contributed by atoms with Crippen LogP contribution in [-0.2, 0) is 7.05 Å². The van der Waals surface area contributed by atoms with E-state index in [1.165, 1.54) is 11.6 Å². The number of phenols is 2. The molecule has 3 aromatic rings. The highest BCUT2D eigenvalue weighted by molar-refractivity contribution is 7.80. The molecule has 3 N–H and O–H groups in total. The van der Waals surface area contributed by atoms with Crippen LogP contribution in [0, 0.1) is 6.92 Å². The number of aromatic nitrogens is 1. The molecular weight excluding hydrogens is 418 g/mol. The summed E-state index contributed by atoms with van der Waals surface area (Å²) in [7, 11) is 3.84. The molecule has 3 rings (SSSR count). The molecule has 0 aliphatic carbocycles. The molecule has 0 unspecified atom stereocenters. The Kier molecular flexibility index (Phi) is 6.84. The van der Waals surface area contributed by atoms with E-state index < -0.39 is 0 Å². The van der Waals surface area contributed by atoms with Crippen molar-refractivity contribution < 1.29 is 10.2 Å². The molecule has 0 aliphatic heterocycles. The summed E-state index contributed by atoms with van der Waals surface area (Å²) in [5.41, 5.74) is 6.56. The average Bonchev–Trinajstić information content (AvgIpc) is 3.04. The van der Waals surface area contributed by atoms with Crippen molar-refractivity contribution in [2.45, 2.75) is 47.0 Å². The standard InChI is InChI=1S/C26H33N3O2S/c1-8-16(4)25(21-12-19(15(2)3)23(30)13-24(21)31)29(26(32)27-6)18-9-10-22-20(11-18)17(5)14-28(22)7/h9-15,30-31H,8H2,1-7H3,(H,27,32). The Morgan fingerprint density at radius 1 is 1.16 bits per heavy atom. The van der Waals surface area contributed by atoms with Gasteiger partial charge in [-0.05, 0) is 79.4 Å². The van der Waals surface area contributed by atoms with Crippen LogP contribution in [0.5, 0.6) is 11.5 Å². The van der Waals surface area contributed by atoms with Gasteiger partial charge in [-0.2, -0.15) is 0 Å². The molecule has 0 aliphatic rings. The van der Waals surface area contributed by atoms with Gasteiger partial charge in [0.05, 0.1) is 5.70 Å². The molecule has 0 saturated carbocycles. The van der Waals surface area contributed by atoms with Gasteiger partial charge in [-0.25, -0.2) is 0 Å². The van der Waals surface area contributed by atoms with Crippen molar-refractivity contribution in [1.29, 1.82) is 0 Å². The maximum Gasteiger partial charge on any atom is 0.177 e. The monoisotopic (exact) mass is 451 g/mol. The fourth-order valence-electron chi connectivity index (χ4n) is 4.13. The van der Waals surface area contributed by atoms with Crippen molar-refractivity contribution in [2.24, 2.45) is 7.05 Å². The molecule has 1 heterocycles. The summed E-state index contributed by atoms with van der Waals surface area (Å²) in [6.07, 6.45) is 2.89. The number of rotatable bonds is 5. The number of nitrogens with one attached hydrogen (secondary N) is 1. The lowest BCUT2D eigenvalue weighted by Gasteiger charge is -2.31. The van der Waals surface area contributed by atoms with Gasteiger partial charge in [0.2, 0.25) is 0 Å². The first-order valence-electron chi connectivity index (χ1n) is 10.9. The summed E-state index contributed by atoms with van der Waals surface area (Å²) in [6.45, 7) is 10.3. The number of aromatic hydroxyl groups is 2. The van der Waals surface area contributed by atoms with Crippen molar-refractivity contribution >= 4 is 39.6 Å². The van der Waals surface area contributed by atoms with Crippen molar-refractivity contribution in [3.05, 3.63) is 58.8 Å². The van der Waals surface area contributed by atoms with Crippen LogP contribution >= 0.6 is 12.2 Å². The van der Waals surface area contributed by atoms with E-state index in [-0.39, 0.29) is 17.4 Å². The van der Waals surface area contributed by atoms with E-state index in [4.69, 9.17) is 12.2 Å². The Balaban J connectivity index is 2.32. The summed E-state index contributed by atoms with van der Waals surface area (Å²) >= 11 is 5.76. The van der Waals surface area contributed by atoms with Crippen molar-refractivity contribution in [3.63, 3.8) is 0 Å². The number of thiocarbonyl (C=S) groups is 1. The largest absolute Gasteiger partial charge is 0.508 e. The predicted octanol–water partition coefficient (Wildman–Crippen LogP) is 6.17. The maximum atomic E-state index is 10.9. The molecule has 0 fully saturated rings. The van der Waals surface area contributed by atoms with E-state index >= 15 is 0 Å². The molecule has 6 heteroatoms. The number of benzene rings is 2. The third kappa shape index (κ3) is 4.19. The fourth-order valence-corrected chi connectivity index (χ4v) is 4.33. The quantitative estimate of drug-likeness (QED) is 0.405. The number of aryl methyl sites for hydroxylation is 2. The summed E-state index contributed by atoms with van der Waals surface area (Å²) < 4.78 is 2.12. The zero-order valence-electron chi connectivity index (χ0n) is 19.9. The minimum absolute atomic E-state index is 0.0237. The Morgan fingerprint density at radius 2 is 1.84 bits per heavy atom. The molecule has 0 spiro atoms. The highest BCUT2D eigenvalue weighted by Gasteiger charge is 2.25. The van der Waals surface area contributed by atoms with Gasteiger partial charge in [0, 0.05) is 48.5 Å². The summed E-state index contributed by atoms with van der Waals surface area (Å²) in [5, 5.41) is 26.1. The highest BCUT2D eigenvalue weighted by Crippen LogP contribution is 2.40. The van der Waals surface area contributed by atoms with Crippen molar-refractivity contribution in [3.8, 4) is 11.5 Å². The first-order valence-corrected chi connectivity index (χ1v) is 11.3. The first-order chi connectivity index (χ1) is 15.1. The van der Waals surface area contributed by atoms with Gasteiger partial charge < -0.3 is 20.1 Å². The lowest BCUT2D eigenvalue weighted by molar-refractivity contribution is 0.443. The van der Waals surface area contributed by atoms with Gasteiger partial charge in [0.15, 0.2) is 5.11 Å². The van der Waals surface area contributed by atoms with Crippen LogP contribution in [0.25, 0.3) is 16.6 Å². The molecule has 2 aromatic carbocycles. The van der Waals surface area contributed by atoms with Gasteiger partial charge in [-0.15, -0.1) is 0 Å². The Morgan fingerprint density at radius 3 is 2.44 bits per heavy atom. The molecule has 1 aromatic heterocycles. The number of fused-ring (bicyclic) bond motifs is 1. The van der Waals surface area contributed by atoms with E-state index in [2.05, 4.69) is 48.1 Å². The van der Waals surface area contributed by atoms with Crippen molar-refractivity contribution in [1.82, 2.24) is 9.88 Å². The smallest absolute Gasteiger partial charge is 0.177 e. The second-order valence-electron chi connectivity index (χ2n) is 8.58. The molecule has 0 atom stereocenters. The van der Waals surface area contributed by atoms with Gasteiger partial charge in [-0.3, -0.25) is 4.90 Å². The Hall–Kier alpha value is -2.99. The third-order valence-electron chi connectivity index (χ3n) is 6.03. The Labute approximate surface area is 196 Å². The van der Waals surface area contributed by atoms with Crippen LogP contribution in [-0.4, -0.2) is 26.9 Å². The SMILES string of the molecule is CCC(C)=C(c1cc(C(C)C)c(O)cc1O)N(C(=S)NC)c1ccc2c(c1)c(C)cn2C. The zero-order valence-corrected chi connectivity index (χ0v) is 20.8.